The Labute approximate surface area is 365 Å². The summed E-state index contributed by atoms with van der Waals surface area (Å²) in [5.74, 6) is 0.863. The maximum atomic E-state index is 5.26. The SMILES string of the molecule is Cc1ccccc1-c1ccccc1-c1ccccc1-c1cc(C2=CCC(c3nc(-c4ccc(-c5ccccc5)cc4)cc(-c4ccc(-c5ccccc5)cc4)n3)C=C2)ccc1C. The molecule has 1 aromatic heterocycles. The summed E-state index contributed by atoms with van der Waals surface area (Å²) >= 11 is 0. The molecule has 2 nitrogen and oxygen atoms in total. The van der Waals surface area contributed by atoms with Crippen molar-refractivity contribution in [3.8, 4) is 78.1 Å². The van der Waals surface area contributed by atoms with Gasteiger partial charge in [0, 0.05) is 17.0 Å². The van der Waals surface area contributed by atoms with Crippen molar-refractivity contribution in [1.82, 2.24) is 9.97 Å². The highest BCUT2D eigenvalue weighted by Gasteiger charge is 2.20. The first kappa shape index (κ1) is 38.5. The zero-order chi connectivity index (χ0) is 41.8. The van der Waals surface area contributed by atoms with Crippen LogP contribution in [-0.2, 0) is 0 Å². The monoisotopic (exact) mass is 794 g/mol. The molecule has 2 heteroatoms. The summed E-state index contributed by atoms with van der Waals surface area (Å²) in [7, 11) is 0. The van der Waals surface area contributed by atoms with Gasteiger partial charge in [0.25, 0.3) is 0 Å². The summed E-state index contributed by atoms with van der Waals surface area (Å²) in [5, 5.41) is 0. The molecular formula is C60H46N2. The van der Waals surface area contributed by atoms with Crippen molar-refractivity contribution < 1.29 is 0 Å². The lowest BCUT2D eigenvalue weighted by Gasteiger charge is -2.19. The van der Waals surface area contributed by atoms with Crippen molar-refractivity contribution in [1.29, 1.82) is 0 Å². The molecule has 1 aliphatic rings. The first-order chi connectivity index (χ1) is 30.6. The van der Waals surface area contributed by atoms with E-state index >= 15 is 0 Å². The smallest absolute Gasteiger partial charge is 0.136 e. The molecule has 1 unspecified atom stereocenters. The van der Waals surface area contributed by atoms with Gasteiger partial charge in [-0.05, 0) is 110 Å². The average Bonchev–Trinajstić information content (AvgIpc) is 3.35. The third kappa shape index (κ3) is 7.87. The van der Waals surface area contributed by atoms with Crippen LogP contribution in [0.2, 0.25) is 0 Å². The molecule has 0 N–H and O–H groups in total. The number of hydrogen-bond acceptors (Lipinski definition) is 2. The summed E-state index contributed by atoms with van der Waals surface area (Å²) < 4.78 is 0. The van der Waals surface area contributed by atoms with Crippen LogP contribution in [0.1, 0.15) is 34.9 Å². The van der Waals surface area contributed by atoms with Crippen LogP contribution in [0.15, 0.2) is 224 Å². The Morgan fingerprint density at radius 3 is 1.26 bits per heavy atom. The van der Waals surface area contributed by atoms with Crippen LogP contribution in [-0.4, -0.2) is 9.97 Å². The summed E-state index contributed by atoms with van der Waals surface area (Å²) in [6, 6.07) is 73.8. The Kier molecular flexibility index (Phi) is 10.6. The molecule has 10 rings (SSSR count). The fourth-order valence-electron chi connectivity index (χ4n) is 8.75. The molecule has 0 bridgehead atoms. The number of aromatic nitrogens is 2. The zero-order valence-electron chi connectivity index (χ0n) is 35.0. The molecule has 0 spiro atoms. The standard InChI is InChI=1S/C60H46N2/c1-41-15-9-10-20-52(41)53-21-11-12-22-54(53)55-23-13-14-24-56(55)57-39-51(26-25-42(57)2)47-31-37-50(38-32-47)60-61-58(48-33-27-45(28-34-48)43-16-5-3-6-17-43)40-59(62-60)49-35-29-46(30-36-49)44-18-7-4-8-19-44/h3-37,39-40,50H,38H2,1-2H3. The zero-order valence-corrected chi connectivity index (χ0v) is 35.0. The lowest BCUT2D eigenvalue weighted by Crippen LogP contribution is -2.06. The molecule has 1 atom stereocenters. The van der Waals surface area contributed by atoms with Crippen LogP contribution in [0.25, 0.3) is 83.7 Å². The first-order valence-corrected chi connectivity index (χ1v) is 21.5. The molecule has 296 valence electrons. The normalized spacial score (nSPS) is 13.5. The van der Waals surface area contributed by atoms with E-state index in [0.717, 1.165) is 34.8 Å². The fraction of sp³-hybridized carbons (Fsp3) is 0.0667. The van der Waals surface area contributed by atoms with Gasteiger partial charge in [0.15, 0.2) is 0 Å². The highest BCUT2D eigenvalue weighted by atomic mass is 14.9. The van der Waals surface area contributed by atoms with Crippen molar-refractivity contribution in [2.24, 2.45) is 0 Å². The lowest BCUT2D eigenvalue weighted by molar-refractivity contribution is 0.777. The minimum Gasteiger partial charge on any atom is -0.232 e. The molecule has 62 heavy (non-hydrogen) atoms. The van der Waals surface area contributed by atoms with Crippen molar-refractivity contribution in [2.45, 2.75) is 26.2 Å². The summed E-state index contributed by atoms with van der Waals surface area (Å²) in [5.41, 5.74) is 21.1. The molecule has 0 aliphatic heterocycles. The molecule has 0 saturated heterocycles. The van der Waals surface area contributed by atoms with Crippen molar-refractivity contribution in [3.05, 3.63) is 247 Å². The van der Waals surface area contributed by atoms with Crippen LogP contribution < -0.4 is 0 Å². The number of nitrogens with zero attached hydrogens (tertiary/aromatic N) is 2. The Hall–Kier alpha value is -7.68. The van der Waals surface area contributed by atoms with Gasteiger partial charge in [0.1, 0.15) is 5.82 Å². The van der Waals surface area contributed by atoms with Crippen LogP contribution >= 0.6 is 0 Å². The van der Waals surface area contributed by atoms with E-state index in [2.05, 4.69) is 238 Å². The molecule has 9 aromatic rings. The van der Waals surface area contributed by atoms with Crippen molar-refractivity contribution >= 4 is 5.57 Å². The number of aryl methyl sites for hydroxylation is 2. The quantitative estimate of drug-likeness (QED) is 0.145. The molecule has 0 saturated carbocycles. The number of allylic oxidation sites excluding steroid dienone is 4. The van der Waals surface area contributed by atoms with E-state index in [1.54, 1.807) is 0 Å². The van der Waals surface area contributed by atoms with Gasteiger partial charge in [-0.3, -0.25) is 0 Å². The van der Waals surface area contributed by atoms with E-state index in [0.29, 0.717) is 0 Å². The van der Waals surface area contributed by atoms with E-state index in [4.69, 9.17) is 9.97 Å². The number of benzene rings is 8. The number of rotatable bonds is 9. The van der Waals surface area contributed by atoms with E-state index in [-0.39, 0.29) is 5.92 Å². The second-order valence-electron chi connectivity index (χ2n) is 16.2. The highest BCUT2D eigenvalue weighted by molar-refractivity contribution is 5.93. The van der Waals surface area contributed by atoms with Gasteiger partial charge in [0.05, 0.1) is 11.4 Å². The van der Waals surface area contributed by atoms with Gasteiger partial charge < -0.3 is 0 Å². The Morgan fingerprint density at radius 2 is 0.758 bits per heavy atom. The second-order valence-corrected chi connectivity index (χ2v) is 16.2. The Morgan fingerprint density at radius 1 is 0.355 bits per heavy atom. The van der Waals surface area contributed by atoms with E-state index in [9.17, 15) is 0 Å². The lowest BCUT2D eigenvalue weighted by atomic mass is 9.85. The van der Waals surface area contributed by atoms with Gasteiger partial charge in [-0.25, -0.2) is 9.97 Å². The van der Waals surface area contributed by atoms with E-state index in [1.165, 1.54) is 77.9 Å². The maximum Gasteiger partial charge on any atom is 0.136 e. The largest absolute Gasteiger partial charge is 0.232 e. The topological polar surface area (TPSA) is 25.8 Å². The third-order valence-electron chi connectivity index (χ3n) is 12.2. The minimum atomic E-state index is 0.0354. The van der Waals surface area contributed by atoms with Gasteiger partial charge in [0.2, 0.25) is 0 Å². The van der Waals surface area contributed by atoms with Crippen LogP contribution in [0.3, 0.4) is 0 Å². The van der Waals surface area contributed by atoms with Gasteiger partial charge in [-0.1, -0.05) is 212 Å². The molecule has 0 amide bonds. The Bertz CT molecular complexity index is 2980. The summed E-state index contributed by atoms with van der Waals surface area (Å²) in [6.45, 7) is 4.41. The predicted molar refractivity (Wildman–Crippen MR) is 260 cm³/mol. The molecule has 0 radical (unpaired) electrons. The summed E-state index contributed by atoms with van der Waals surface area (Å²) in [6.07, 6.45) is 7.72. The van der Waals surface area contributed by atoms with Crippen molar-refractivity contribution in [2.75, 3.05) is 0 Å². The average molecular weight is 795 g/mol. The van der Waals surface area contributed by atoms with E-state index in [1.807, 2.05) is 0 Å². The van der Waals surface area contributed by atoms with Gasteiger partial charge in [-0.2, -0.15) is 0 Å². The second kappa shape index (κ2) is 17.1. The maximum absolute atomic E-state index is 5.26. The van der Waals surface area contributed by atoms with Gasteiger partial charge in [-0.15, -0.1) is 0 Å². The third-order valence-corrected chi connectivity index (χ3v) is 12.2. The number of hydrogen-bond donors (Lipinski definition) is 0. The van der Waals surface area contributed by atoms with Crippen LogP contribution in [0.4, 0.5) is 0 Å². The molecule has 1 aliphatic carbocycles. The van der Waals surface area contributed by atoms with Gasteiger partial charge >= 0.3 is 0 Å². The van der Waals surface area contributed by atoms with Crippen LogP contribution in [0, 0.1) is 13.8 Å². The fourth-order valence-corrected chi connectivity index (χ4v) is 8.75. The summed E-state index contributed by atoms with van der Waals surface area (Å²) in [4.78, 5) is 10.5. The van der Waals surface area contributed by atoms with Crippen molar-refractivity contribution in [3.63, 3.8) is 0 Å². The highest BCUT2D eigenvalue weighted by Crippen LogP contribution is 2.41. The first-order valence-electron chi connectivity index (χ1n) is 21.5. The molecule has 1 heterocycles. The molecule has 8 aromatic carbocycles. The van der Waals surface area contributed by atoms with Crippen LogP contribution in [0.5, 0.6) is 0 Å². The molecular weight excluding hydrogens is 749 g/mol. The Balaban J connectivity index is 0.974. The van der Waals surface area contributed by atoms with E-state index < -0.39 is 0 Å². The minimum absolute atomic E-state index is 0.0354. The predicted octanol–water partition coefficient (Wildman–Crippen LogP) is 15.9. The molecule has 0 fully saturated rings.